The standard InChI is InChI=1S/C16H27ClN4/c1-4-9-18-11-15-14(17)7-8-16(19-15)21-10-5-6-13(21)12-20(2)3/h7-8,13,18H,4-6,9-12H2,1-3H3. The highest BCUT2D eigenvalue weighted by atomic mass is 35.5. The van der Waals surface area contributed by atoms with Crippen LogP contribution in [0.1, 0.15) is 31.9 Å². The second-order valence-corrected chi connectivity index (χ2v) is 6.43. The molecule has 2 rings (SSSR count). The van der Waals surface area contributed by atoms with Crippen LogP contribution in [0.3, 0.4) is 0 Å². The Morgan fingerprint density at radius 3 is 2.95 bits per heavy atom. The summed E-state index contributed by atoms with van der Waals surface area (Å²) in [6, 6.07) is 4.60. The highest BCUT2D eigenvalue weighted by Crippen LogP contribution is 2.26. The fourth-order valence-corrected chi connectivity index (χ4v) is 3.06. The Morgan fingerprint density at radius 2 is 2.24 bits per heavy atom. The molecular weight excluding hydrogens is 284 g/mol. The molecular formula is C16H27ClN4. The Labute approximate surface area is 133 Å². The molecule has 0 amide bonds. The Morgan fingerprint density at radius 1 is 1.43 bits per heavy atom. The number of likely N-dealkylation sites (N-methyl/N-ethyl adjacent to an activating group) is 1. The summed E-state index contributed by atoms with van der Waals surface area (Å²) >= 11 is 6.27. The first-order chi connectivity index (χ1) is 10.1. The predicted octanol–water partition coefficient (Wildman–Crippen LogP) is 2.77. The van der Waals surface area contributed by atoms with Gasteiger partial charge in [0.1, 0.15) is 5.82 Å². The molecule has 0 aromatic carbocycles. The molecule has 1 N–H and O–H groups in total. The van der Waals surface area contributed by atoms with E-state index in [1.165, 1.54) is 12.8 Å². The fourth-order valence-electron chi connectivity index (χ4n) is 2.89. The summed E-state index contributed by atoms with van der Waals surface area (Å²) in [5.41, 5.74) is 0.957. The number of halogens is 1. The molecule has 0 saturated carbocycles. The van der Waals surface area contributed by atoms with Gasteiger partial charge in [-0.1, -0.05) is 18.5 Å². The molecule has 4 nitrogen and oxygen atoms in total. The smallest absolute Gasteiger partial charge is 0.129 e. The van der Waals surface area contributed by atoms with Crippen molar-refractivity contribution in [3.8, 4) is 0 Å². The Kier molecular flexibility index (Phi) is 6.27. The molecule has 1 atom stereocenters. The molecule has 21 heavy (non-hydrogen) atoms. The monoisotopic (exact) mass is 310 g/mol. The van der Waals surface area contributed by atoms with E-state index >= 15 is 0 Å². The van der Waals surface area contributed by atoms with Crippen molar-refractivity contribution in [1.82, 2.24) is 15.2 Å². The molecule has 2 heterocycles. The van der Waals surface area contributed by atoms with Crippen molar-refractivity contribution in [3.05, 3.63) is 22.8 Å². The third-order valence-electron chi connectivity index (χ3n) is 3.87. The zero-order valence-electron chi connectivity index (χ0n) is 13.4. The largest absolute Gasteiger partial charge is 0.352 e. The van der Waals surface area contributed by atoms with Crippen molar-refractivity contribution in [2.45, 2.75) is 38.8 Å². The van der Waals surface area contributed by atoms with Gasteiger partial charge in [0.15, 0.2) is 0 Å². The van der Waals surface area contributed by atoms with E-state index in [9.17, 15) is 0 Å². The lowest BCUT2D eigenvalue weighted by Gasteiger charge is -2.28. The summed E-state index contributed by atoms with van der Waals surface area (Å²) in [5, 5.41) is 4.14. The average Bonchev–Trinajstić information content (AvgIpc) is 2.88. The summed E-state index contributed by atoms with van der Waals surface area (Å²) in [6.45, 7) is 6.07. The number of nitrogens with zero attached hydrogens (tertiary/aromatic N) is 3. The zero-order valence-corrected chi connectivity index (χ0v) is 14.2. The van der Waals surface area contributed by atoms with Crippen molar-refractivity contribution >= 4 is 17.4 Å². The topological polar surface area (TPSA) is 31.4 Å². The number of nitrogens with one attached hydrogen (secondary N) is 1. The number of anilines is 1. The number of pyridine rings is 1. The van der Waals surface area contributed by atoms with Gasteiger partial charge in [-0.15, -0.1) is 0 Å². The number of hydrogen-bond donors (Lipinski definition) is 1. The van der Waals surface area contributed by atoms with E-state index in [0.717, 1.165) is 49.1 Å². The van der Waals surface area contributed by atoms with E-state index in [4.69, 9.17) is 16.6 Å². The van der Waals surface area contributed by atoms with Gasteiger partial charge >= 0.3 is 0 Å². The summed E-state index contributed by atoms with van der Waals surface area (Å²) in [6.07, 6.45) is 3.60. The van der Waals surface area contributed by atoms with Gasteiger partial charge < -0.3 is 15.1 Å². The molecule has 1 aliphatic heterocycles. The predicted molar refractivity (Wildman–Crippen MR) is 90.2 cm³/mol. The SMILES string of the molecule is CCCNCc1nc(N2CCCC2CN(C)C)ccc1Cl. The molecule has 1 aromatic rings. The van der Waals surface area contributed by atoms with Crippen molar-refractivity contribution in [2.75, 3.05) is 38.6 Å². The molecule has 0 radical (unpaired) electrons. The maximum Gasteiger partial charge on any atom is 0.129 e. The second kappa shape index (κ2) is 7.97. The molecule has 1 saturated heterocycles. The molecule has 0 bridgehead atoms. The van der Waals surface area contributed by atoms with Crippen LogP contribution >= 0.6 is 11.6 Å². The van der Waals surface area contributed by atoms with Crippen LogP contribution in [0.5, 0.6) is 0 Å². The number of hydrogen-bond acceptors (Lipinski definition) is 4. The number of aromatic nitrogens is 1. The minimum atomic E-state index is 0.560. The maximum atomic E-state index is 6.27. The van der Waals surface area contributed by atoms with Gasteiger partial charge in [0, 0.05) is 25.7 Å². The third-order valence-corrected chi connectivity index (χ3v) is 4.21. The highest BCUT2D eigenvalue weighted by Gasteiger charge is 2.26. The Bertz CT molecular complexity index is 450. The Hall–Kier alpha value is -0.840. The quantitative estimate of drug-likeness (QED) is 0.785. The molecule has 0 spiro atoms. The van der Waals surface area contributed by atoms with E-state index in [0.29, 0.717) is 6.04 Å². The van der Waals surface area contributed by atoms with Crippen molar-refractivity contribution in [2.24, 2.45) is 0 Å². The van der Waals surface area contributed by atoms with Gasteiger partial charge in [0.25, 0.3) is 0 Å². The first-order valence-corrected chi connectivity index (χ1v) is 8.27. The van der Waals surface area contributed by atoms with Crippen LogP contribution in [0, 0.1) is 0 Å². The van der Waals surface area contributed by atoms with Gasteiger partial charge in [-0.3, -0.25) is 0 Å². The van der Waals surface area contributed by atoms with Gasteiger partial charge in [0.2, 0.25) is 0 Å². The van der Waals surface area contributed by atoms with E-state index in [2.05, 4.69) is 42.2 Å². The van der Waals surface area contributed by atoms with Crippen LogP contribution in [-0.4, -0.2) is 49.7 Å². The molecule has 5 heteroatoms. The third kappa shape index (κ3) is 4.56. The lowest BCUT2D eigenvalue weighted by molar-refractivity contribution is 0.371. The van der Waals surface area contributed by atoms with Gasteiger partial charge in [0.05, 0.1) is 10.7 Å². The van der Waals surface area contributed by atoms with E-state index in [1.54, 1.807) is 0 Å². The van der Waals surface area contributed by atoms with Crippen LogP contribution in [0.2, 0.25) is 5.02 Å². The Balaban J connectivity index is 2.10. The summed E-state index contributed by atoms with van der Waals surface area (Å²) in [4.78, 5) is 9.48. The minimum absolute atomic E-state index is 0.560. The van der Waals surface area contributed by atoms with Crippen LogP contribution in [-0.2, 0) is 6.54 Å². The maximum absolute atomic E-state index is 6.27. The summed E-state index contributed by atoms with van der Waals surface area (Å²) in [7, 11) is 4.26. The van der Waals surface area contributed by atoms with Gasteiger partial charge in [-0.2, -0.15) is 0 Å². The minimum Gasteiger partial charge on any atom is -0.352 e. The lowest BCUT2D eigenvalue weighted by Crippen LogP contribution is -2.38. The van der Waals surface area contributed by atoms with Crippen LogP contribution in [0.15, 0.2) is 12.1 Å². The van der Waals surface area contributed by atoms with Crippen molar-refractivity contribution in [1.29, 1.82) is 0 Å². The number of rotatable bonds is 7. The van der Waals surface area contributed by atoms with Crippen LogP contribution in [0.25, 0.3) is 0 Å². The first kappa shape index (κ1) is 16.5. The van der Waals surface area contributed by atoms with E-state index < -0.39 is 0 Å². The fraction of sp³-hybridized carbons (Fsp3) is 0.688. The van der Waals surface area contributed by atoms with Crippen LogP contribution < -0.4 is 10.2 Å². The molecule has 1 unspecified atom stereocenters. The van der Waals surface area contributed by atoms with E-state index in [-0.39, 0.29) is 0 Å². The first-order valence-electron chi connectivity index (χ1n) is 7.89. The molecule has 1 fully saturated rings. The molecule has 1 aliphatic rings. The van der Waals surface area contributed by atoms with E-state index in [1.807, 2.05) is 6.07 Å². The second-order valence-electron chi connectivity index (χ2n) is 6.03. The van der Waals surface area contributed by atoms with Crippen LogP contribution in [0.4, 0.5) is 5.82 Å². The zero-order chi connectivity index (χ0) is 15.2. The lowest BCUT2D eigenvalue weighted by atomic mass is 10.2. The molecule has 0 aliphatic carbocycles. The summed E-state index contributed by atoms with van der Waals surface area (Å²) in [5.74, 6) is 1.07. The van der Waals surface area contributed by atoms with Gasteiger partial charge in [-0.25, -0.2) is 4.98 Å². The van der Waals surface area contributed by atoms with Crippen molar-refractivity contribution < 1.29 is 0 Å². The van der Waals surface area contributed by atoms with Gasteiger partial charge in [-0.05, 0) is 52.0 Å². The normalized spacial score (nSPS) is 18.7. The molecule has 118 valence electrons. The molecule has 1 aromatic heterocycles. The summed E-state index contributed by atoms with van der Waals surface area (Å²) < 4.78 is 0. The van der Waals surface area contributed by atoms with Crippen molar-refractivity contribution in [3.63, 3.8) is 0 Å². The highest BCUT2D eigenvalue weighted by molar-refractivity contribution is 6.31. The average molecular weight is 311 g/mol.